The standard InChI is InChI=1S/C4H4FN3/c5-1-2-8-4-6-3-7-8/h1-4H. The quantitative estimate of drug-likeness (QED) is 0.536. The van der Waals surface area contributed by atoms with Gasteiger partial charge in [-0.15, -0.1) is 0 Å². The van der Waals surface area contributed by atoms with Gasteiger partial charge >= 0.3 is 0 Å². The van der Waals surface area contributed by atoms with Crippen LogP contribution in [0.4, 0.5) is 4.39 Å². The smallest absolute Gasteiger partial charge is 0.138 e. The molecule has 0 saturated carbocycles. The highest BCUT2D eigenvalue weighted by Crippen LogP contribution is 1.80. The van der Waals surface area contributed by atoms with Gasteiger partial charge in [0.15, 0.2) is 0 Å². The van der Waals surface area contributed by atoms with Crippen molar-refractivity contribution in [2.75, 3.05) is 0 Å². The lowest BCUT2D eigenvalue weighted by Crippen LogP contribution is -1.82. The second-order valence-electron chi connectivity index (χ2n) is 1.15. The van der Waals surface area contributed by atoms with Gasteiger partial charge in [-0.2, -0.15) is 5.10 Å². The van der Waals surface area contributed by atoms with E-state index in [1.165, 1.54) is 17.3 Å². The van der Waals surface area contributed by atoms with Gasteiger partial charge < -0.3 is 0 Å². The highest BCUT2D eigenvalue weighted by Gasteiger charge is 1.77. The van der Waals surface area contributed by atoms with Gasteiger partial charge in [0.1, 0.15) is 19.0 Å². The van der Waals surface area contributed by atoms with E-state index in [2.05, 4.69) is 10.1 Å². The molecule has 0 atom stereocenters. The summed E-state index contributed by atoms with van der Waals surface area (Å²) < 4.78 is 12.6. The molecule has 0 aromatic carbocycles. The summed E-state index contributed by atoms with van der Waals surface area (Å²) in [5, 5.41) is 3.58. The second-order valence-corrected chi connectivity index (χ2v) is 1.15. The lowest BCUT2D eigenvalue weighted by atomic mass is 11.0. The predicted molar refractivity (Wildman–Crippen MR) is 26.5 cm³/mol. The Hall–Kier alpha value is -1.19. The van der Waals surface area contributed by atoms with Crippen LogP contribution >= 0.6 is 0 Å². The summed E-state index contributed by atoms with van der Waals surface area (Å²) in [6.45, 7) is 0. The maximum Gasteiger partial charge on any atom is 0.138 e. The van der Waals surface area contributed by atoms with Crippen LogP contribution in [0, 0.1) is 0 Å². The molecule has 0 aliphatic rings. The first-order chi connectivity index (χ1) is 3.93. The van der Waals surface area contributed by atoms with Gasteiger partial charge in [-0.25, -0.2) is 14.1 Å². The molecule has 42 valence electrons. The molecule has 0 aliphatic heterocycles. The molecule has 4 heteroatoms. The molecule has 0 unspecified atom stereocenters. The molecule has 0 fully saturated rings. The van der Waals surface area contributed by atoms with E-state index in [4.69, 9.17) is 0 Å². The van der Waals surface area contributed by atoms with E-state index in [0.717, 1.165) is 6.20 Å². The van der Waals surface area contributed by atoms with Gasteiger partial charge in [0.2, 0.25) is 0 Å². The van der Waals surface area contributed by atoms with Crippen molar-refractivity contribution < 1.29 is 4.39 Å². The fourth-order valence-electron chi connectivity index (χ4n) is 0.352. The first-order valence-electron chi connectivity index (χ1n) is 2.04. The molecule has 3 nitrogen and oxygen atoms in total. The molecule has 0 amide bonds. The first-order valence-corrected chi connectivity index (χ1v) is 2.04. The largest absolute Gasteiger partial charge is 0.226 e. The van der Waals surface area contributed by atoms with Crippen molar-refractivity contribution in [3.8, 4) is 0 Å². The number of hydrogen-bond donors (Lipinski definition) is 0. The van der Waals surface area contributed by atoms with Crippen LogP contribution in [-0.4, -0.2) is 14.8 Å². The highest BCUT2D eigenvalue weighted by atomic mass is 19.1. The molecule has 8 heavy (non-hydrogen) atoms. The SMILES string of the molecule is FC=Cn1cncn1. The third kappa shape index (κ3) is 0.900. The molecule has 0 aliphatic carbocycles. The number of rotatable bonds is 1. The normalized spacial score (nSPS) is 10.6. The Labute approximate surface area is 45.5 Å². The average molecular weight is 113 g/mol. The molecule has 0 bridgehead atoms. The summed E-state index contributed by atoms with van der Waals surface area (Å²) in [6.07, 6.45) is 4.29. The van der Waals surface area contributed by atoms with Crippen molar-refractivity contribution in [2.45, 2.75) is 0 Å². The Morgan fingerprint density at radius 1 is 1.62 bits per heavy atom. The summed E-state index contributed by atoms with van der Waals surface area (Å²) in [5.74, 6) is 0. The summed E-state index contributed by atoms with van der Waals surface area (Å²) in [5.41, 5.74) is 0. The number of halogens is 1. The maximum atomic E-state index is 11.3. The second kappa shape index (κ2) is 2.20. The Morgan fingerprint density at radius 2 is 2.50 bits per heavy atom. The summed E-state index contributed by atoms with van der Waals surface area (Å²) in [4.78, 5) is 3.57. The van der Waals surface area contributed by atoms with Crippen molar-refractivity contribution in [3.05, 3.63) is 19.0 Å². The Kier molecular flexibility index (Phi) is 1.37. The van der Waals surface area contributed by atoms with Crippen LogP contribution in [0.2, 0.25) is 0 Å². The van der Waals surface area contributed by atoms with E-state index in [-0.39, 0.29) is 0 Å². The molecule has 0 radical (unpaired) electrons. The van der Waals surface area contributed by atoms with Gasteiger partial charge in [0, 0.05) is 0 Å². The molecule has 0 spiro atoms. The third-order valence-electron chi connectivity index (χ3n) is 0.646. The summed E-state index contributed by atoms with van der Waals surface area (Å²) in [7, 11) is 0. The van der Waals surface area contributed by atoms with E-state index in [0.29, 0.717) is 6.33 Å². The monoisotopic (exact) mass is 113 g/mol. The number of aromatic nitrogens is 3. The van der Waals surface area contributed by atoms with Crippen LogP contribution in [0.3, 0.4) is 0 Å². The fourth-order valence-corrected chi connectivity index (χ4v) is 0.352. The van der Waals surface area contributed by atoms with Gasteiger partial charge in [0.05, 0.1) is 6.20 Å². The topological polar surface area (TPSA) is 30.7 Å². The van der Waals surface area contributed by atoms with Gasteiger partial charge in [-0.05, 0) is 0 Å². The number of nitrogens with zero attached hydrogens (tertiary/aromatic N) is 3. The molecule has 1 heterocycles. The molecule has 1 aromatic heterocycles. The van der Waals surface area contributed by atoms with Crippen LogP contribution in [-0.2, 0) is 0 Å². The van der Waals surface area contributed by atoms with Gasteiger partial charge in [-0.1, -0.05) is 0 Å². The first kappa shape index (κ1) is 4.96. The van der Waals surface area contributed by atoms with E-state index < -0.39 is 0 Å². The average Bonchev–Trinajstić information content (AvgIpc) is 2.19. The van der Waals surface area contributed by atoms with Crippen molar-refractivity contribution in [1.82, 2.24) is 14.8 Å². The Morgan fingerprint density at radius 3 is 3.00 bits per heavy atom. The summed E-state index contributed by atoms with van der Waals surface area (Å²) in [6, 6.07) is 0. The van der Waals surface area contributed by atoms with Crippen LogP contribution in [0.1, 0.15) is 0 Å². The predicted octanol–water partition coefficient (Wildman–Crippen LogP) is 0.676. The molecule has 1 rings (SSSR count). The summed E-state index contributed by atoms with van der Waals surface area (Å²) >= 11 is 0. The Bertz CT molecular complexity index is 167. The zero-order chi connectivity index (χ0) is 5.82. The van der Waals surface area contributed by atoms with Crippen molar-refractivity contribution in [2.24, 2.45) is 0 Å². The van der Waals surface area contributed by atoms with E-state index in [1.54, 1.807) is 0 Å². The zero-order valence-electron chi connectivity index (χ0n) is 4.03. The maximum absolute atomic E-state index is 11.3. The van der Waals surface area contributed by atoms with E-state index >= 15 is 0 Å². The molecule has 0 N–H and O–H groups in total. The molecule has 0 saturated heterocycles. The zero-order valence-corrected chi connectivity index (χ0v) is 4.03. The fraction of sp³-hybridized carbons (Fsp3) is 0. The lowest BCUT2D eigenvalue weighted by molar-refractivity contribution is 0.718. The van der Waals surface area contributed by atoms with Crippen LogP contribution in [0.25, 0.3) is 6.20 Å². The van der Waals surface area contributed by atoms with Crippen molar-refractivity contribution >= 4 is 6.20 Å². The lowest BCUT2D eigenvalue weighted by Gasteiger charge is -1.79. The minimum absolute atomic E-state index is 0.397. The van der Waals surface area contributed by atoms with Crippen molar-refractivity contribution in [3.63, 3.8) is 0 Å². The van der Waals surface area contributed by atoms with E-state index in [1.807, 2.05) is 0 Å². The Balaban J connectivity index is 2.77. The number of hydrogen-bond acceptors (Lipinski definition) is 2. The van der Waals surface area contributed by atoms with Crippen LogP contribution in [0.5, 0.6) is 0 Å². The van der Waals surface area contributed by atoms with E-state index in [9.17, 15) is 4.39 Å². The van der Waals surface area contributed by atoms with Crippen LogP contribution in [0.15, 0.2) is 19.0 Å². The minimum Gasteiger partial charge on any atom is -0.226 e. The molecular formula is C4H4FN3. The molecular weight excluding hydrogens is 109 g/mol. The van der Waals surface area contributed by atoms with Gasteiger partial charge in [0.25, 0.3) is 0 Å². The minimum atomic E-state index is 0.397. The molecule has 1 aromatic rings. The highest BCUT2D eigenvalue weighted by molar-refractivity contribution is 5.13. The third-order valence-corrected chi connectivity index (χ3v) is 0.646. The van der Waals surface area contributed by atoms with Crippen LogP contribution < -0.4 is 0 Å². The van der Waals surface area contributed by atoms with Gasteiger partial charge in [-0.3, -0.25) is 0 Å². The van der Waals surface area contributed by atoms with Crippen molar-refractivity contribution in [1.29, 1.82) is 0 Å².